The standard InChI is InChI=1S/C9H7F2N3S/c10-5-1-2-6(11)7(3-5)15-8-4-13-14-9(8)12/h1-4H,(H3,12,13,14). The molecule has 0 aliphatic heterocycles. The molecule has 0 atom stereocenters. The predicted molar refractivity (Wildman–Crippen MR) is 53.5 cm³/mol. The molecule has 78 valence electrons. The summed E-state index contributed by atoms with van der Waals surface area (Å²) in [5, 5.41) is 6.20. The third-order valence-corrected chi connectivity index (χ3v) is 2.82. The van der Waals surface area contributed by atoms with E-state index in [1.54, 1.807) is 0 Å². The summed E-state index contributed by atoms with van der Waals surface area (Å²) in [5.74, 6) is -0.633. The van der Waals surface area contributed by atoms with Crippen molar-refractivity contribution in [3.63, 3.8) is 0 Å². The van der Waals surface area contributed by atoms with Crippen molar-refractivity contribution < 1.29 is 8.78 Å². The van der Waals surface area contributed by atoms with Gasteiger partial charge in [0.2, 0.25) is 0 Å². The summed E-state index contributed by atoms with van der Waals surface area (Å²) in [7, 11) is 0. The molecule has 1 aromatic heterocycles. The maximum atomic E-state index is 13.2. The average molecular weight is 227 g/mol. The van der Waals surface area contributed by atoms with Crippen LogP contribution in [0.15, 0.2) is 34.2 Å². The van der Waals surface area contributed by atoms with Crippen LogP contribution in [0.4, 0.5) is 14.6 Å². The Morgan fingerprint density at radius 2 is 2.07 bits per heavy atom. The van der Waals surface area contributed by atoms with E-state index >= 15 is 0 Å². The van der Waals surface area contributed by atoms with Crippen molar-refractivity contribution in [2.75, 3.05) is 5.73 Å². The van der Waals surface area contributed by atoms with Crippen LogP contribution in [0.2, 0.25) is 0 Å². The molecular weight excluding hydrogens is 220 g/mol. The molecule has 6 heteroatoms. The van der Waals surface area contributed by atoms with Gasteiger partial charge < -0.3 is 5.73 Å². The summed E-state index contributed by atoms with van der Waals surface area (Å²) < 4.78 is 26.1. The minimum Gasteiger partial charge on any atom is -0.383 e. The first kappa shape index (κ1) is 9.97. The molecular formula is C9H7F2N3S. The van der Waals surface area contributed by atoms with Gasteiger partial charge in [-0.1, -0.05) is 11.8 Å². The molecule has 0 saturated carbocycles. The van der Waals surface area contributed by atoms with Gasteiger partial charge in [0.25, 0.3) is 0 Å². The van der Waals surface area contributed by atoms with Gasteiger partial charge in [0, 0.05) is 0 Å². The third-order valence-electron chi connectivity index (χ3n) is 1.75. The van der Waals surface area contributed by atoms with Crippen LogP contribution in [0.5, 0.6) is 0 Å². The molecule has 0 amide bonds. The molecule has 0 fully saturated rings. The van der Waals surface area contributed by atoms with Gasteiger partial charge in [0.15, 0.2) is 0 Å². The lowest BCUT2D eigenvalue weighted by Crippen LogP contribution is -1.87. The first-order valence-corrected chi connectivity index (χ1v) is 4.90. The summed E-state index contributed by atoms with van der Waals surface area (Å²) in [4.78, 5) is 0.752. The number of aromatic nitrogens is 2. The van der Waals surface area contributed by atoms with Crippen LogP contribution in [0.25, 0.3) is 0 Å². The summed E-state index contributed by atoms with van der Waals surface area (Å²) in [6, 6.07) is 3.26. The lowest BCUT2D eigenvalue weighted by atomic mass is 10.3. The van der Waals surface area contributed by atoms with Crippen molar-refractivity contribution in [1.29, 1.82) is 0 Å². The Hall–Kier alpha value is -1.56. The molecule has 2 rings (SSSR count). The fourth-order valence-corrected chi connectivity index (χ4v) is 1.88. The number of aromatic amines is 1. The van der Waals surface area contributed by atoms with Gasteiger partial charge in [-0.2, -0.15) is 5.10 Å². The Balaban J connectivity index is 2.32. The number of hydrogen-bond acceptors (Lipinski definition) is 3. The average Bonchev–Trinajstić information content (AvgIpc) is 2.58. The molecule has 0 aliphatic rings. The Kier molecular flexibility index (Phi) is 2.59. The van der Waals surface area contributed by atoms with Crippen LogP contribution < -0.4 is 5.73 Å². The van der Waals surface area contributed by atoms with Crippen molar-refractivity contribution in [1.82, 2.24) is 10.2 Å². The maximum Gasteiger partial charge on any atom is 0.137 e. The van der Waals surface area contributed by atoms with Gasteiger partial charge in [-0.3, -0.25) is 5.10 Å². The van der Waals surface area contributed by atoms with Gasteiger partial charge >= 0.3 is 0 Å². The first-order valence-electron chi connectivity index (χ1n) is 4.08. The highest BCUT2D eigenvalue weighted by Gasteiger charge is 2.09. The van der Waals surface area contributed by atoms with E-state index in [0.717, 1.165) is 30.0 Å². The molecule has 0 radical (unpaired) electrons. The second kappa shape index (κ2) is 3.90. The zero-order chi connectivity index (χ0) is 10.8. The van der Waals surface area contributed by atoms with Crippen molar-refractivity contribution in [3.05, 3.63) is 36.0 Å². The highest BCUT2D eigenvalue weighted by molar-refractivity contribution is 7.99. The summed E-state index contributed by atoms with van der Waals surface area (Å²) >= 11 is 1.03. The minimum absolute atomic E-state index is 0.183. The molecule has 1 aromatic carbocycles. The van der Waals surface area contributed by atoms with E-state index in [0.29, 0.717) is 10.7 Å². The topological polar surface area (TPSA) is 54.7 Å². The number of nitrogen functional groups attached to an aromatic ring is 1. The number of hydrogen-bond donors (Lipinski definition) is 2. The molecule has 3 N–H and O–H groups in total. The van der Waals surface area contributed by atoms with Crippen molar-refractivity contribution in [3.8, 4) is 0 Å². The van der Waals surface area contributed by atoms with E-state index in [2.05, 4.69) is 10.2 Å². The highest BCUT2D eigenvalue weighted by atomic mass is 32.2. The van der Waals surface area contributed by atoms with E-state index in [1.165, 1.54) is 6.20 Å². The number of H-pyrrole nitrogens is 1. The minimum atomic E-state index is -0.485. The second-order valence-corrected chi connectivity index (χ2v) is 3.91. The van der Waals surface area contributed by atoms with Crippen LogP contribution in [-0.4, -0.2) is 10.2 Å². The second-order valence-electron chi connectivity index (χ2n) is 2.82. The van der Waals surface area contributed by atoms with E-state index in [9.17, 15) is 8.78 Å². The molecule has 15 heavy (non-hydrogen) atoms. The molecule has 0 unspecified atom stereocenters. The quantitative estimate of drug-likeness (QED) is 0.828. The number of nitrogens with one attached hydrogen (secondary N) is 1. The van der Waals surface area contributed by atoms with Crippen molar-refractivity contribution in [2.45, 2.75) is 9.79 Å². The van der Waals surface area contributed by atoms with Crippen LogP contribution in [-0.2, 0) is 0 Å². The van der Waals surface area contributed by atoms with E-state index in [4.69, 9.17) is 5.73 Å². The highest BCUT2D eigenvalue weighted by Crippen LogP contribution is 2.32. The molecule has 0 saturated heterocycles. The molecule has 2 aromatic rings. The zero-order valence-corrected chi connectivity index (χ0v) is 8.31. The Morgan fingerprint density at radius 1 is 1.27 bits per heavy atom. The summed E-state index contributed by atoms with van der Waals surface area (Å²) in [5.41, 5.74) is 5.52. The smallest absolute Gasteiger partial charge is 0.137 e. The Labute approximate surface area is 88.7 Å². The van der Waals surface area contributed by atoms with Gasteiger partial charge in [-0.15, -0.1) is 0 Å². The van der Waals surface area contributed by atoms with Crippen LogP contribution in [0, 0.1) is 11.6 Å². The molecule has 0 bridgehead atoms. The number of rotatable bonds is 2. The Bertz CT molecular complexity index is 484. The van der Waals surface area contributed by atoms with Gasteiger partial charge in [-0.05, 0) is 18.2 Å². The van der Waals surface area contributed by atoms with E-state index in [-0.39, 0.29) is 4.90 Å². The van der Waals surface area contributed by atoms with Crippen LogP contribution in [0.3, 0.4) is 0 Å². The summed E-state index contributed by atoms with van der Waals surface area (Å²) in [6.45, 7) is 0. The summed E-state index contributed by atoms with van der Waals surface area (Å²) in [6.07, 6.45) is 1.46. The van der Waals surface area contributed by atoms with E-state index < -0.39 is 11.6 Å². The monoisotopic (exact) mass is 227 g/mol. The fraction of sp³-hybridized carbons (Fsp3) is 0. The molecule has 0 aliphatic carbocycles. The molecule has 0 spiro atoms. The number of nitrogens with zero attached hydrogens (tertiary/aromatic N) is 1. The molecule has 1 heterocycles. The first-order chi connectivity index (χ1) is 7.16. The van der Waals surface area contributed by atoms with Crippen LogP contribution in [0.1, 0.15) is 0 Å². The van der Waals surface area contributed by atoms with Gasteiger partial charge in [0.1, 0.15) is 17.5 Å². The maximum absolute atomic E-state index is 13.2. The zero-order valence-electron chi connectivity index (χ0n) is 7.50. The normalized spacial score (nSPS) is 10.5. The van der Waals surface area contributed by atoms with Gasteiger partial charge in [-0.25, -0.2) is 8.78 Å². The fourth-order valence-electron chi connectivity index (χ4n) is 1.04. The lowest BCUT2D eigenvalue weighted by Gasteiger charge is -2.01. The third kappa shape index (κ3) is 2.10. The number of nitrogens with two attached hydrogens (primary N) is 1. The van der Waals surface area contributed by atoms with Crippen molar-refractivity contribution in [2.24, 2.45) is 0 Å². The SMILES string of the molecule is Nc1[nH]ncc1Sc1cc(F)ccc1F. The number of halogens is 2. The van der Waals surface area contributed by atoms with Crippen LogP contribution >= 0.6 is 11.8 Å². The largest absolute Gasteiger partial charge is 0.383 e. The van der Waals surface area contributed by atoms with Gasteiger partial charge in [0.05, 0.1) is 16.0 Å². The number of benzene rings is 1. The Morgan fingerprint density at radius 3 is 2.73 bits per heavy atom. The van der Waals surface area contributed by atoms with Crippen molar-refractivity contribution >= 4 is 17.6 Å². The predicted octanol–water partition coefficient (Wildman–Crippen LogP) is 2.42. The molecule has 3 nitrogen and oxygen atoms in total. The lowest BCUT2D eigenvalue weighted by molar-refractivity contribution is 0.577. The van der Waals surface area contributed by atoms with E-state index in [1.807, 2.05) is 0 Å². The number of anilines is 1.